The van der Waals surface area contributed by atoms with Gasteiger partial charge in [0.25, 0.3) is 0 Å². The molecule has 0 aliphatic rings. The molecule has 4 atom stereocenters. The average Bonchev–Trinajstić information content (AvgIpc) is 2.66. The second-order valence-electron chi connectivity index (χ2n) is 6.37. The summed E-state index contributed by atoms with van der Waals surface area (Å²) in [6.07, 6.45) is 0. The normalized spacial score (nSPS) is 15.4. The molecule has 2 heterocycles. The van der Waals surface area contributed by atoms with Crippen molar-refractivity contribution < 1.29 is 0 Å². The Bertz CT molecular complexity index is 690. The third-order valence-corrected chi connectivity index (χ3v) is 4.29. The first-order chi connectivity index (χ1) is 12.4. The highest BCUT2D eigenvalue weighted by molar-refractivity contribution is 5.59. The van der Waals surface area contributed by atoms with E-state index in [0.29, 0.717) is 23.0 Å². The van der Waals surface area contributed by atoms with Gasteiger partial charge < -0.3 is 10.6 Å². The standard InChI is InChI=1S/C18H24N6O2/c1-11(13(3)23-25)19-17-9-5-7-15(21-17)16-8-6-10-18(22-16)20-12(2)14(4)24-26/h5-14H,1-4H3,(H,19,21)(H,20,22). The van der Waals surface area contributed by atoms with Crippen molar-refractivity contribution in [3.63, 3.8) is 0 Å². The Balaban J connectivity index is 2.18. The first-order valence-electron chi connectivity index (χ1n) is 8.57. The Kier molecular flexibility index (Phi) is 6.71. The summed E-state index contributed by atoms with van der Waals surface area (Å²) in [5.74, 6) is 1.30. The fourth-order valence-corrected chi connectivity index (χ4v) is 2.21. The van der Waals surface area contributed by atoms with Gasteiger partial charge >= 0.3 is 0 Å². The summed E-state index contributed by atoms with van der Waals surface area (Å²) in [5, 5.41) is 12.4. The van der Waals surface area contributed by atoms with Gasteiger partial charge in [-0.05, 0) is 52.0 Å². The van der Waals surface area contributed by atoms with Gasteiger partial charge in [-0.25, -0.2) is 9.97 Å². The van der Waals surface area contributed by atoms with Gasteiger partial charge in [-0.15, -0.1) is 0 Å². The van der Waals surface area contributed by atoms with E-state index in [2.05, 4.69) is 31.0 Å². The number of pyridine rings is 2. The summed E-state index contributed by atoms with van der Waals surface area (Å²) in [7, 11) is 0. The number of anilines is 2. The van der Waals surface area contributed by atoms with E-state index in [1.807, 2.05) is 50.2 Å². The Hall–Kier alpha value is -2.90. The monoisotopic (exact) mass is 356 g/mol. The van der Waals surface area contributed by atoms with E-state index in [-0.39, 0.29) is 24.2 Å². The number of rotatable bonds is 9. The van der Waals surface area contributed by atoms with Crippen molar-refractivity contribution in [2.45, 2.75) is 51.9 Å². The van der Waals surface area contributed by atoms with Crippen LogP contribution in [0, 0.1) is 9.81 Å². The molecule has 0 saturated carbocycles. The molecular weight excluding hydrogens is 332 g/mol. The molecule has 26 heavy (non-hydrogen) atoms. The molecule has 2 rings (SSSR count). The highest BCUT2D eigenvalue weighted by atomic mass is 16.3. The van der Waals surface area contributed by atoms with Crippen molar-refractivity contribution in [1.29, 1.82) is 0 Å². The number of nitrogens with one attached hydrogen (secondary N) is 2. The van der Waals surface area contributed by atoms with E-state index in [4.69, 9.17) is 0 Å². The zero-order valence-electron chi connectivity index (χ0n) is 15.4. The summed E-state index contributed by atoms with van der Waals surface area (Å²) in [5.41, 5.74) is 1.40. The molecular formula is C18H24N6O2. The molecule has 0 aliphatic carbocycles. The molecule has 0 fully saturated rings. The first-order valence-corrected chi connectivity index (χ1v) is 8.57. The van der Waals surface area contributed by atoms with Crippen molar-refractivity contribution in [3.8, 4) is 11.4 Å². The molecule has 8 nitrogen and oxygen atoms in total. The van der Waals surface area contributed by atoms with E-state index in [0.717, 1.165) is 0 Å². The van der Waals surface area contributed by atoms with Crippen LogP contribution in [0.15, 0.2) is 46.8 Å². The van der Waals surface area contributed by atoms with Crippen LogP contribution in [0.1, 0.15) is 27.7 Å². The van der Waals surface area contributed by atoms with Crippen LogP contribution < -0.4 is 10.6 Å². The van der Waals surface area contributed by atoms with E-state index in [1.165, 1.54) is 0 Å². The lowest BCUT2D eigenvalue weighted by molar-refractivity contribution is 0.634. The van der Waals surface area contributed by atoms with Crippen LogP contribution in [0.4, 0.5) is 11.6 Å². The predicted octanol–water partition coefficient (Wildman–Crippen LogP) is 4.05. The number of nitroso groups, excluding NO2 is 2. The number of hydrogen-bond donors (Lipinski definition) is 2. The van der Waals surface area contributed by atoms with E-state index < -0.39 is 0 Å². The Morgan fingerprint density at radius 3 is 1.46 bits per heavy atom. The molecule has 2 aromatic heterocycles. The lowest BCUT2D eigenvalue weighted by Crippen LogP contribution is -2.27. The summed E-state index contributed by atoms with van der Waals surface area (Å²) in [4.78, 5) is 30.4. The van der Waals surface area contributed by atoms with Crippen molar-refractivity contribution in [1.82, 2.24) is 9.97 Å². The molecule has 4 unspecified atom stereocenters. The minimum absolute atomic E-state index is 0.130. The highest BCUT2D eigenvalue weighted by Crippen LogP contribution is 2.20. The summed E-state index contributed by atoms with van der Waals surface area (Å²) in [6, 6.07) is 10.2. The van der Waals surface area contributed by atoms with Crippen LogP contribution in [-0.4, -0.2) is 34.1 Å². The zero-order valence-corrected chi connectivity index (χ0v) is 15.4. The fraction of sp³-hybridized carbons (Fsp3) is 0.444. The van der Waals surface area contributed by atoms with Crippen molar-refractivity contribution in [3.05, 3.63) is 46.2 Å². The molecule has 0 bridgehead atoms. The summed E-state index contributed by atoms with van der Waals surface area (Å²) >= 11 is 0. The van der Waals surface area contributed by atoms with Crippen LogP contribution >= 0.6 is 0 Å². The molecule has 8 heteroatoms. The smallest absolute Gasteiger partial charge is 0.126 e. The minimum Gasteiger partial charge on any atom is -0.365 e. The van der Waals surface area contributed by atoms with Crippen molar-refractivity contribution in [2.75, 3.05) is 10.6 Å². The maximum atomic E-state index is 10.7. The van der Waals surface area contributed by atoms with Crippen molar-refractivity contribution >= 4 is 11.6 Å². The topological polar surface area (TPSA) is 109 Å². The number of aromatic nitrogens is 2. The molecule has 2 aromatic rings. The van der Waals surface area contributed by atoms with Crippen LogP contribution in [0.2, 0.25) is 0 Å². The quantitative estimate of drug-likeness (QED) is 0.656. The molecule has 138 valence electrons. The number of nitrogens with zero attached hydrogens (tertiary/aromatic N) is 4. The van der Waals surface area contributed by atoms with Crippen LogP contribution in [0.5, 0.6) is 0 Å². The van der Waals surface area contributed by atoms with Crippen LogP contribution in [0.3, 0.4) is 0 Å². The first kappa shape index (κ1) is 19.4. The van der Waals surface area contributed by atoms with Crippen LogP contribution in [-0.2, 0) is 0 Å². The molecule has 0 saturated heterocycles. The second kappa shape index (κ2) is 8.98. The van der Waals surface area contributed by atoms with Gasteiger partial charge in [0.2, 0.25) is 0 Å². The minimum atomic E-state index is -0.360. The Labute approximate surface area is 152 Å². The summed E-state index contributed by atoms with van der Waals surface area (Å²) < 4.78 is 0. The average molecular weight is 356 g/mol. The fourth-order valence-electron chi connectivity index (χ4n) is 2.21. The SMILES string of the molecule is CC(N=O)C(C)Nc1cccc(-c2cccc(NC(C)C(C)N=O)n2)n1. The Morgan fingerprint density at radius 1 is 0.731 bits per heavy atom. The lowest BCUT2D eigenvalue weighted by atomic mass is 10.2. The third-order valence-electron chi connectivity index (χ3n) is 4.29. The second-order valence-corrected chi connectivity index (χ2v) is 6.37. The molecule has 0 aromatic carbocycles. The van der Waals surface area contributed by atoms with Gasteiger partial charge in [0.1, 0.15) is 23.7 Å². The van der Waals surface area contributed by atoms with E-state index in [1.54, 1.807) is 13.8 Å². The third kappa shape index (κ3) is 5.05. The molecule has 0 amide bonds. The molecule has 2 N–H and O–H groups in total. The van der Waals surface area contributed by atoms with Gasteiger partial charge in [0.05, 0.1) is 23.5 Å². The largest absolute Gasteiger partial charge is 0.365 e. The van der Waals surface area contributed by atoms with Gasteiger partial charge in [-0.3, -0.25) is 0 Å². The maximum absolute atomic E-state index is 10.7. The zero-order chi connectivity index (χ0) is 19.1. The van der Waals surface area contributed by atoms with Crippen molar-refractivity contribution in [2.24, 2.45) is 10.4 Å². The maximum Gasteiger partial charge on any atom is 0.126 e. The van der Waals surface area contributed by atoms with Gasteiger partial charge in [-0.2, -0.15) is 9.81 Å². The lowest BCUT2D eigenvalue weighted by Gasteiger charge is -2.17. The molecule has 0 aliphatic heterocycles. The van der Waals surface area contributed by atoms with Gasteiger partial charge in [-0.1, -0.05) is 22.5 Å². The highest BCUT2D eigenvalue weighted by Gasteiger charge is 2.14. The Morgan fingerprint density at radius 2 is 1.12 bits per heavy atom. The van der Waals surface area contributed by atoms with Gasteiger partial charge in [0, 0.05) is 0 Å². The number of hydrogen-bond acceptors (Lipinski definition) is 8. The van der Waals surface area contributed by atoms with Gasteiger partial charge in [0.15, 0.2) is 0 Å². The predicted molar refractivity (Wildman–Crippen MR) is 104 cm³/mol. The van der Waals surface area contributed by atoms with E-state index >= 15 is 0 Å². The molecule has 0 spiro atoms. The van der Waals surface area contributed by atoms with E-state index in [9.17, 15) is 9.81 Å². The van der Waals surface area contributed by atoms with Crippen LogP contribution in [0.25, 0.3) is 11.4 Å². The molecule has 0 radical (unpaired) electrons. The summed E-state index contributed by atoms with van der Waals surface area (Å²) in [6.45, 7) is 7.27.